The molecule has 142 valence electrons. The molecule has 0 radical (unpaired) electrons. The van der Waals surface area contributed by atoms with Gasteiger partial charge in [-0.05, 0) is 49.6 Å². The molecule has 0 aromatic heterocycles. The van der Waals surface area contributed by atoms with Crippen LogP contribution in [0.5, 0.6) is 0 Å². The third-order valence-electron chi connectivity index (χ3n) is 6.05. The van der Waals surface area contributed by atoms with Crippen LogP contribution >= 0.6 is 11.6 Å². The number of benzene rings is 2. The van der Waals surface area contributed by atoms with Gasteiger partial charge in [0.15, 0.2) is 6.04 Å². The molecule has 0 bridgehead atoms. The summed E-state index contributed by atoms with van der Waals surface area (Å²) in [5, 5.41) is 0.779. The minimum atomic E-state index is -0.0150. The molecule has 0 aliphatic carbocycles. The monoisotopic (exact) mass is 384 g/mol. The van der Waals surface area contributed by atoms with Gasteiger partial charge >= 0.3 is 0 Å². The Bertz CT molecular complexity index is 845. The molecule has 0 saturated carbocycles. The second-order valence-corrected chi connectivity index (χ2v) is 8.10. The van der Waals surface area contributed by atoms with Gasteiger partial charge in [0.05, 0.1) is 26.2 Å². The maximum absolute atomic E-state index is 13.1. The number of carbonyl (C=O) groups is 1. The Hall–Kier alpha value is -2.04. The normalized spacial score (nSPS) is 18.5. The SMILES string of the molecule is Cc1ccc(Cl)cc1N1CC[NH+]([C@H](C)C(=O)N2CCc3ccccc32)CC1. The van der Waals surface area contributed by atoms with Gasteiger partial charge in [0.25, 0.3) is 5.91 Å². The van der Waals surface area contributed by atoms with E-state index in [1.807, 2.05) is 17.0 Å². The van der Waals surface area contributed by atoms with Crippen LogP contribution in [0.1, 0.15) is 18.1 Å². The van der Waals surface area contributed by atoms with Crippen LogP contribution < -0.4 is 14.7 Å². The van der Waals surface area contributed by atoms with Crippen molar-refractivity contribution in [3.63, 3.8) is 0 Å². The molecule has 0 unspecified atom stereocenters. The molecule has 4 nitrogen and oxygen atoms in total. The summed E-state index contributed by atoms with van der Waals surface area (Å²) in [5.74, 6) is 0.252. The lowest BCUT2D eigenvalue weighted by atomic mass is 10.1. The van der Waals surface area contributed by atoms with Crippen LogP contribution in [-0.2, 0) is 11.2 Å². The van der Waals surface area contributed by atoms with Crippen molar-refractivity contribution in [3.05, 3.63) is 58.6 Å². The minimum absolute atomic E-state index is 0.0150. The molecule has 2 heterocycles. The third-order valence-corrected chi connectivity index (χ3v) is 6.29. The molecule has 5 heteroatoms. The fourth-order valence-corrected chi connectivity index (χ4v) is 4.53. The molecule has 2 aliphatic rings. The predicted molar refractivity (Wildman–Crippen MR) is 111 cm³/mol. The van der Waals surface area contributed by atoms with E-state index in [1.165, 1.54) is 21.7 Å². The van der Waals surface area contributed by atoms with Crippen molar-refractivity contribution in [1.82, 2.24) is 0 Å². The van der Waals surface area contributed by atoms with Gasteiger partial charge in [0.1, 0.15) is 0 Å². The Morgan fingerprint density at radius 2 is 1.81 bits per heavy atom. The summed E-state index contributed by atoms with van der Waals surface area (Å²) in [6.45, 7) is 8.85. The Labute approximate surface area is 166 Å². The fourth-order valence-electron chi connectivity index (χ4n) is 4.37. The number of para-hydroxylation sites is 1. The number of hydrogen-bond donors (Lipinski definition) is 1. The summed E-state index contributed by atoms with van der Waals surface area (Å²) in [5.41, 5.74) is 4.85. The highest BCUT2D eigenvalue weighted by molar-refractivity contribution is 6.30. The second kappa shape index (κ2) is 7.53. The lowest BCUT2D eigenvalue weighted by Crippen LogP contribution is -3.19. The molecule has 1 amide bonds. The number of anilines is 2. The molecular weight excluding hydrogens is 358 g/mol. The van der Waals surface area contributed by atoms with E-state index < -0.39 is 0 Å². The second-order valence-electron chi connectivity index (χ2n) is 7.67. The van der Waals surface area contributed by atoms with Gasteiger partial charge in [0, 0.05) is 22.9 Å². The summed E-state index contributed by atoms with van der Waals surface area (Å²) in [7, 11) is 0. The van der Waals surface area contributed by atoms with Gasteiger partial charge in [-0.1, -0.05) is 35.9 Å². The highest BCUT2D eigenvalue weighted by Crippen LogP contribution is 2.28. The molecule has 4 rings (SSSR count). The van der Waals surface area contributed by atoms with Crippen molar-refractivity contribution < 1.29 is 9.69 Å². The molecule has 1 fully saturated rings. The van der Waals surface area contributed by atoms with Crippen LogP contribution in [0, 0.1) is 6.92 Å². The van der Waals surface area contributed by atoms with E-state index in [2.05, 4.69) is 49.1 Å². The van der Waals surface area contributed by atoms with Gasteiger partial charge < -0.3 is 14.7 Å². The minimum Gasteiger partial charge on any atom is -0.360 e. The highest BCUT2D eigenvalue weighted by atomic mass is 35.5. The molecule has 2 aromatic carbocycles. The number of nitrogens with one attached hydrogen (secondary N) is 1. The molecule has 1 saturated heterocycles. The zero-order chi connectivity index (χ0) is 19.0. The van der Waals surface area contributed by atoms with Gasteiger partial charge in [-0.15, -0.1) is 0 Å². The van der Waals surface area contributed by atoms with Crippen molar-refractivity contribution >= 4 is 28.9 Å². The van der Waals surface area contributed by atoms with Crippen LogP contribution in [0.4, 0.5) is 11.4 Å². The van der Waals surface area contributed by atoms with Crippen LogP contribution in [0.3, 0.4) is 0 Å². The van der Waals surface area contributed by atoms with Crippen molar-refractivity contribution in [2.75, 3.05) is 42.5 Å². The topological polar surface area (TPSA) is 28.0 Å². The zero-order valence-corrected chi connectivity index (χ0v) is 16.8. The predicted octanol–water partition coefficient (Wildman–Crippen LogP) is 2.33. The maximum Gasteiger partial charge on any atom is 0.284 e. The van der Waals surface area contributed by atoms with E-state index in [0.717, 1.165) is 49.9 Å². The Morgan fingerprint density at radius 3 is 2.59 bits per heavy atom. The Kier molecular flexibility index (Phi) is 5.11. The van der Waals surface area contributed by atoms with Crippen LogP contribution in [0.15, 0.2) is 42.5 Å². The smallest absolute Gasteiger partial charge is 0.284 e. The van der Waals surface area contributed by atoms with E-state index in [9.17, 15) is 4.79 Å². The number of aryl methyl sites for hydroxylation is 1. The Balaban J connectivity index is 1.41. The number of quaternary nitrogens is 1. The van der Waals surface area contributed by atoms with Crippen LogP contribution in [-0.4, -0.2) is 44.7 Å². The summed E-state index contributed by atoms with van der Waals surface area (Å²) >= 11 is 6.19. The van der Waals surface area contributed by atoms with Gasteiger partial charge in [-0.25, -0.2) is 0 Å². The number of fused-ring (bicyclic) bond motifs is 1. The first-order valence-electron chi connectivity index (χ1n) is 9.79. The number of rotatable bonds is 3. The van der Waals surface area contributed by atoms with E-state index in [0.29, 0.717) is 0 Å². The number of amides is 1. The molecular formula is C22H27ClN3O+. The molecule has 27 heavy (non-hydrogen) atoms. The molecule has 2 aliphatic heterocycles. The van der Waals surface area contributed by atoms with E-state index in [4.69, 9.17) is 11.6 Å². The molecule has 1 N–H and O–H groups in total. The first-order chi connectivity index (χ1) is 13.0. The first-order valence-corrected chi connectivity index (χ1v) is 10.2. The first kappa shape index (κ1) is 18.3. The quantitative estimate of drug-likeness (QED) is 0.879. The fraction of sp³-hybridized carbons (Fsp3) is 0.409. The third kappa shape index (κ3) is 3.56. The van der Waals surface area contributed by atoms with Crippen molar-refractivity contribution in [2.45, 2.75) is 26.3 Å². The van der Waals surface area contributed by atoms with E-state index >= 15 is 0 Å². The van der Waals surface area contributed by atoms with E-state index in [-0.39, 0.29) is 11.9 Å². The lowest BCUT2D eigenvalue weighted by molar-refractivity contribution is -0.914. The van der Waals surface area contributed by atoms with Gasteiger partial charge in [-0.2, -0.15) is 0 Å². The number of piperazine rings is 1. The number of hydrogen-bond acceptors (Lipinski definition) is 2. The average Bonchev–Trinajstić information content (AvgIpc) is 3.13. The average molecular weight is 385 g/mol. The van der Waals surface area contributed by atoms with Crippen molar-refractivity contribution in [3.8, 4) is 0 Å². The van der Waals surface area contributed by atoms with Crippen molar-refractivity contribution in [1.29, 1.82) is 0 Å². The molecule has 2 aromatic rings. The number of nitrogens with zero attached hydrogens (tertiary/aromatic N) is 2. The summed E-state index contributed by atoms with van der Waals surface area (Å²) in [4.78, 5) is 18.9. The van der Waals surface area contributed by atoms with Crippen molar-refractivity contribution in [2.24, 2.45) is 0 Å². The largest absolute Gasteiger partial charge is 0.360 e. The highest BCUT2D eigenvalue weighted by Gasteiger charge is 2.35. The standard InChI is InChI=1S/C22H26ClN3O/c1-16-7-8-19(23)15-21(16)25-13-11-24(12-14-25)17(2)22(27)26-10-9-18-5-3-4-6-20(18)26/h3-8,15,17H,9-14H2,1-2H3/p+1/t17-/m1/s1. The maximum atomic E-state index is 13.1. The summed E-state index contributed by atoms with van der Waals surface area (Å²) in [6.07, 6.45) is 0.964. The lowest BCUT2D eigenvalue weighted by Gasteiger charge is -2.37. The van der Waals surface area contributed by atoms with E-state index in [1.54, 1.807) is 0 Å². The Morgan fingerprint density at radius 1 is 1.07 bits per heavy atom. The molecule has 0 spiro atoms. The van der Waals surface area contributed by atoms with Gasteiger partial charge in [-0.3, -0.25) is 4.79 Å². The number of halogens is 1. The van der Waals surface area contributed by atoms with Crippen LogP contribution in [0.2, 0.25) is 5.02 Å². The molecule has 1 atom stereocenters. The zero-order valence-electron chi connectivity index (χ0n) is 16.0. The van der Waals surface area contributed by atoms with Gasteiger partial charge in [0.2, 0.25) is 0 Å². The summed E-state index contributed by atoms with van der Waals surface area (Å²) < 4.78 is 0. The number of carbonyl (C=O) groups excluding carboxylic acids is 1. The summed E-state index contributed by atoms with van der Waals surface area (Å²) in [6, 6.07) is 14.3. The van der Waals surface area contributed by atoms with Crippen LogP contribution in [0.25, 0.3) is 0 Å².